The molecule has 0 radical (unpaired) electrons. The fourth-order valence-electron chi connectivity index (χ4n) is 2.69. The van der Waals surface area contributed by atoms with Gasteiger partial charge in [-0.15, -0.1) is 0 Å². The highest BCUT2D eigenvalue weighted by Crippen LogP contribution is 2.24. The lowest BCUT2D eigenvalue weighted by Crippen LogP contribution is -2.45. The molecule has 21 heavy (non-hydrogen) atoms. The van der Waals surface area contributed by atoms with Crippen LogP contribution in [0.15, 0.2) is 18.2 Å². The highest BCUT2D eigenvalue weighted by molar-refractivity contribution is 6.02. The van der Waals surface area contributed by atoms with Gasteiger partial charge in [0.1, 0.15) is 0 Å². The van der Waals surface area contributed by atoms with Crippen molar-refractivity contribution >= 4 is 17.5 Å². The van der Waals surface area contributed by atoms with Gasteiger partial charge in [-0.2, -0.15) is 0 Å². The van der Waals surface area contributed by atoms with Crippen molar-refractivity contribution in [3.05, 3.63) is 29.3 Å². The molecule has 0 saturated carbocycles. The summed E-state index contributed by atoms with van der Waals surface area (Å²) < 4.78 is 5.61. The molecule has 2 amide bonds. The van der Waals surface area contributed by atoms with Crippen LogP contribution in [0.2, 0.25) is 0 Å². The number of carbonyl (C=O) groups excluding carboxylic acids is 2. The number of hydrogen-bond acceptors (Lipinski definition) is 4. The quantitative estimate of drug-likeness (QED) is 0.836. The van der Waals surface area contributed by atoms with Crippen LogP contribution in [0.1, 0.15) is 15.9 Å². The zero-order chi connectivity index (χ0) is 14.8. The van der Waals surface area contributed by atoms with Crippen LogP contribution in [0.4, 0.5) is 5.69 Å². The number of nitrogens with one attached hydrogen (secondary N) is 2. The summed E-state index contributed by atoms with van der Waals surface area (Å²) in [6.45, 7) is 2.85. The first-order chi connectivity index (χ1) is 10.1. The Morgan fingerprint density at radius 2 is 2.33 bits per heavy atom. The first-order valence-electron chi connectivity index (χ1n) is 7.14. The normalized spacial score (nSPS) is 20.8. The summed E-state index contributed by atoms with van der Waals surface area (Å²) in [4.78, 5) is 25.4. The van der Waals surface area contributed by atoms with Crippen LogP contribution in [-0.2, 0) is 16.0 Å². The van der Waals surface area contributed by atoms with E-state index in [4.69, 9.17) is 4.74 Å². The Labute approximate surface area is 123 Å². The van der Waals surface area contributed by atoms with Crippen molar-refractivity contribution in [2.45, 2.75) is 12.5 Å². The third-order valence-electron chi connectivity index (χ3n) is 3.81. The van der Waals surface area contributed by atoms with Gasteiger partial charge in [0.2, 0.25) is 5.91 Å². The summed E-state index contributed by atoms with van der Waals surface area (Å²) in [5, 5.41) is 6.02. The molecule has 6 heteroatoms. The van der Waals surface area contributed by atoms with Gasteiger partial charge in [0.05, 0.1) is 19.1 Å². The standard InChI is InChI=1S/C15H19N3O3/c1-18(9-12-8-16-4-5-21-12)15(20)11-3-2-10-7-14(19)17-13(10)6-11/h2-3,6,12,16H,4-5,7-9H2,1H3,(H,17,19). The number of benzene rings is 1. The Morgan fingerprint density at radius 1 is 1.48 bits per heavy atom. The predicted molar refractivity (Wildman–Crippen MR) is 78.3 cm³/mol. The molecule has 1 atom stereocenters. The van der Waals surface area contributed by atoms with Crippen LogP contribution in [0.3, 0.4) is 0 Å². The molecule has 0 aromatic heterocycles. The Morgan fingerprint density at radius 3 is 3.10 bits per heavy atom. The molecule has 1 saturated heterocycles. The lowest BCUT2D eigenvalue weighted by atomic mass is 10.1. The molecule has 0 spiro atoms. The molecule has 2 aliphatic rings. The molecule has 112 valence electrons. The first-order valence-corrected chi connectivity index (χ1v) is 7.14. The number of anilines is 1. The molecule has 2 N–H and O–H groups in total. The van der Waals surface area contributed by atoms with E-state index in [1.54, 1.807) is 24.1 Å². The number of morpholine rings is 1. The minimum atomic E-state index is -0.0619. The average molecular weight is 289 g/mol. The van der Waals surface area contributed by atoms with E-state index in [2.05, 4.69) is 10.6 Å². The van der Waals surface area contributed by atoms with Gasteiger partial charge < -0.3 is 20.3 Å². The summed E-state index contributed by atoms with van der Waals surface area (Å²) in [5.74, 6) is -0.0854. The Hall–Kier alpha value is -1.92. The molecule has 1 aromatic carbocycles. The number of hydrogen-bond donors (Lipinski definition) is 2. The van der Waals surface area contributed by atoms with Crippen LogP contribution >= 0.6 is 0 Å². The number of amides is 2. The second kappa shape index (κ2) is 5.83. The molecule has 1 fully saturated rings. The van der Waals surface area contributed by atoms with Gasteiger partial charge in [0, 0.05) is 37.9 Å². The number of likely N-dealkylation sites (N-methyl/N-ethyl adjacent to an activating group) is 1. The molecule has 3 rings (SSSR count). The van der Waals surface area contributed by atoms with E-state index in [-0.39, 0.29) is 17.9 Å². The van der Waals surface area contributed by atoms with Gasteiger partial charge in [-0.25, -0.2) is 0 Å². The number of ether oxygens (including phenoxy) is 1. The molecule has 0 aliphatic carbocycles. The zero-order valence-corrected chi connectivity index (χ0v) is 12.0. The minimum absolute atomic E-state index is 0.0235. The summed E-state index contributed by atoms with van der Waals surface area (Å²) in [7, 11) is 1.77. The Balaban J connectivity index is 1.67. The molecule has 0 bridgehead atoms. The number of fused-ring (bicyclic) bond motifs is 1. The third-order valence-corrected chi connectivity index (χ3v) is 3.81. The first kappa shape index (κ1) is 14.0. The van der Waals surface area contributed by atoms with Gasteiger partial charge >= 0.3 is 0 Å². The Bertz CT molecular complexity index is 567. The summed E-state index contributed by atoms with van der Waals surface area (Å²) >= 11 is 0. The molecule has 1 unspecified atom stereocenters. The van der Waals surface area contributed by atoms with Gasteiger partial charge in [0.25, 0.3) is 5.91 Å². The van der Waals surface area contributed by atoms with Crippen molar-refractivity contribution in [2.24, 2.45) is 0 Å². The second-order valence-electron chi connectivity index (χ2n) is 5.48. The van der Waals surface area contributed by atoms with Crippen molar-refractivity contribution in [1.82, 2.24) is 10.2 Å². The monoisotopic (exact) mass is 289 g/mol. The van der Waals surface area contributed by atoms with Crippen LogP contribution in [0.25, 0.3) is 0 Å². The van der Waals surface area contributed by atoms with Gasteiger partial charge in [-0.05, 0) is 17.7 Å². The van der Waals surface area contributed by atoms with E-state index in [0.29, 0.717) is 25.1 Å². The van der Waals surface area contributed by atoms with E-state index in [1.807, 2.05) is 6.07 Å². The molecular weight excluding hydrogens is 270 g/mol. The van der Waals surface area contributed by atoms with E-state index < -0.39 is 0 Å². The van der Waals surface area contributed by atoms with Gasteiger partial charge in [-0.1, -0.05) is 6.07 Å². The van der Waals surface area contributed by atoms with Crippen molar-refractivity contribution < 1.29 is 14.3 Å². The van der Waals surface area contributed by atoms with E-state index in [0.717, 1.165) is 24.3 Å². The third kappa shape index (κ3) is 3.06. The summed E-state index contributed by atoms with van der Waals surface area (Å²) in [5.41, 5.74) is 2.27. The maximum atomic E-state index is 12.4. The number of rotatable bonds is 3. The largest absolute Gasteiger partial charge is 0.374 e. The van der Waals surface area contributed by atoms with Crippen LogP contribution in [0.5, 0.6) is 0 Å². The van der Waals surface area contributed by atoms with Crippen molar-refractivity contribution in [2.75, 3.05) is 38.6 Å². The molecule has 2 aliphatic heterocycles. The smallest absolute Gasteiger partial charge is 0.253 e. The highest BCUT2D eigenvalue weighted by atomic mass is 16.5. The fourth-order valence-corrected chi connectivity index (χ4v) is 2.69. The highest BCUT2D eigenvalue weighted by Gasteiger charge is 2.22. The lowest BCUT2D eigenvalue weighted by molar-refractivity contribution is -0.115. The molecular formula is C15H19N3O3. The van der Waals surface area contributed by atoms with E-state index >= 15 is 0 Å². The fraction of sp³-hybridized carbons (Fsp3) is 0.467. The van der Waals surface area contributed by atoms with Crippen molar-refractivity contribution in [1.29, 1.82) is 0 Å². The number of carbonyl (C=O) groups is 2. The van der Waals surface area contributed by atoms with Crippen LogP contribution < -0.4 is 10.6 Å². The zero-order valence-electron chi connectivity index (χ0n) is 12.0. The average Bonchev–Trinajstić information content (AvgIpc) is 2.86. The topological polar surface area (TPSA) is 70.7 Å². The summed E-state index contributed by atoms with van der Waals surface area (Å²) in [6, 6.07) is 5.37. The molecule has 2 heterocycles. The molecule has 1 aromatic rings. The van der Waals surface area contributed by atoms with Crippen molar-refractivity contribution in [3.8, 4) is 0 Å². The maximum absolute atomic E-state index is 12.4. The lowest BCUT2D eigenvalue weighted by Gasteiger charge is -2.28. The number of nitrogens with zero attached hydrogens (tertiary/aromatic N) is 1. The Kier molecular flexibility index (Phi) is 3.90. The van der Waals surface area contributed by atoms with Crippen LogP contribution in [0, 0.1) is 0 Å². The minimum Gasteiger partial charge on any atom is -0.374 e. The summed E-state index contributed by atoms with van der Waals surface area (Å²) in [6.07, 6.45) is 0.420. The van der Waals surface area contributed by atoms with Gasteiger partial charge in [-0.3, -0.25) is 9.59 Å². The van der Waals surface area contributed by atoms with Crippen LogP contribution in [-0.4, -0.2) is 56.1 Å². The van der Waals surface area contributed by atoms with Crippen molar-refractivity contribution in [3.63, 3.8) is 0 Å². The maximum Gasteiger partial charge on any atom is 0.253 e. The second-order valence-corrected chi connectivity index (χ2v) is 5.48. The molecule has 6 nitrogen and oxygen atoms in total. The predicted octanol–water partition coefficient (Wildman–Crippen LogP) is 0.242. The SMILES string of the molecule is CN(CC1CNCCO1)C(=O)c1ccc2c(c1)NC(=O)C2. The van der Waals surface area contributed by atoms with E-state index in [1.165, 1.54) is 0 Å². The van der Waals surface area contributed by atoms with Gasteiger partial charge in [0.15, 0.2) is 0 Å². The van der Waals surface area contributed by atoms with E-state index in [9.17, 15) is 9.59 Å².